The van der Waals surface area contributed by atoms with E-state index in [0.29, 0.717) is 13.1 Å². The molecule has 0 radical (unpaired) electrons. The molecule has 134 valence electrons. The van der Waals surface area contributed by atoms with Crippen LogP contribution in [-0.2, 0) is 12.7 Å². The van der Waals surface area contributed by atoms with Crippen LogP contribution in [0.1, 0.15) is 37.1 Å². The van der Waals surface area contributed by atoms with Crippen molar-refractivity contribution in [2.75, 3.05) is 11.9 Å². The van der Waals surface area contributed by atoms with Gasteiger partial charge < -0.3 is 14.8 Å². The molecule has 1 atom stereocenters. The molecule has 1 aromatic carbocycles. The Hall–Kier alpha value is -2.44. The van der Waals surface area contributed by atoms with Crippen LogP contribution in [0.25, 0.3) is 0 Å². The first-order valence-electron chi connectivity index (χ1n) is 8.30. The molecule has 0 spiro atoms. The molecule has 1 aromatic heterocycles. The molecule has 3 rings (SSSR count). The first-order valence-corrected chi connectivity index (χ1v) is 8.30. The highest BCUT2D eigenvalue weighted by Gasteiger charge is 2.35. The normalized spacial score (nSPS) is 17.3. The highest BCUT2D eigenvalue weighted by atomic mass is 19.4. The second-order valence-corrected chi connectivity index (χ2v) is 6.10. The largest absolute Gasteiger partial charge is 0.418 e. The van der Waals surface area contributed by atoms with Crippen molar-refractivity contribution in [3.05, 3.63) is 53.9 Å². The van der Waals surface area contributed by atoms with Gasteiger partial charge in [0.1, 0.15) is 0 Å². The van der Waals surface area contributed by atoms with Crippen LogP contribution in [0.5, 0.6) is 0 Å². The van der Waals surface area contributed by atoms with Crippen LogP contribution in [0.4, 0.5) is 23.7 Å². The van der Waals surface area contributed by atoms with E-state index >= 15 is 0 Å². The fourth-order valence-electron chi connectivity index (χ4n) is 3.31. The van der Waals surface area contributed by atoms with E-state index in [4.69, 9.17) is 0 Å². The van der Waals surface area contributed by atoms with Crippen molar-refractivity contribution in [2.24, 2.45) is 0 Å². The zero-order valence-corrected chi connectivity index (χ0v) is 13.9. The maximum atomic E-state index is 13.1. The zero-order valence-electron chi connectivity index (χ0n) is 13.9. The van der Waals surface area contributed by atoms with E-state index in [2.05, 4.69) is 9.88 Å². The number of hydrogen-bond acceptors (Lipinski definition) is 1. The highest BCUT2D eigenvalue weighted by molar-refractivity contribution is 5.90. The first-order chi connectivity index (χ1) is 11.9. The van der Waals surface area contributed by atoms with Crippen molar-refractivity contribution in [1.29, 1.82) is 0 Å². The SMILES string of the molecule is CCC[C@@H]1c2cccn2CCN1C(=O)Nc1ccccc1C(F)(F)F. The molecule has 0 aliphatic carbocycles. The van der Waals surface area contributed by atoms with Gasteiger partial charge in [0.05, 0.1) is 17.3 Å². The summed E-state index contributed by atoms with van der Waals surface area (Å²) < 4.78 is 41.5. The van der Waals surface area contributed by atoms with E-state index in [-0.39, 0.29) is 11.7 Å². The van der Waals surface area contributed by atoms with E-state index in [9.17, 15) is 18.0 Å². The van der Waals surface area contributed by atoms with Crippen molar-refractivity contribution >= 4 is 11.7 Å². The van der Waals surface area contributed by atoms with Crippen LogP contribution in [-0.4, -0.2) is 22.0 Å². The number of rotatable bonds is 3. The van der Waals surface area contributed by atoms with Gasteiger partial charge in [0.2, 0.25) is 0 Å². The standard InChI is InChI=1S/C18H20F3N3O/c1-2-6-16-15-9-5-10-23(15)11-12-24(16)17(25)22-14-8-4-3-7-13(14)18(19,20)21/h3-5,7-10,16H,2,6,11-12H2,1H3,(H,22,25)/t16-/m1/s1. The molecule has 7 heteroatoms. The minimum atomic E-state index is -4.51. The fraction of sp³-hybridized carbons (Fsp3) is 0.389. The molecule has 0 saturated heterocycles. The van der Waals surface area contributed by atoms with Gasteiger partial charge >= 0.3 is 12.2 Å². The molecule has 0 unspecified atom stereocenters. The second-order valence-electron chi connectivity index (χ2n) is 6.10. The first kappa shape index (κ1) is 17.4. The molecule has 25 heavy (non-hydrogen) atoms. The zero-order chi connectivity index (χ0) is 18.0. The van der Waals surface area contributed by atoms with Crippen LogP contribution in [0.15, 0.2) is 42.6 Å². The van der Waals surface area contributed by atoms with Crippen LogP contribution in [0.3, 0.4) is 0 Å². The Kier molecular flexibility index (Phi) is 4.74. The number of alkyl halides is 3. The number of hydrogen-bond donors (Lipinski definition) is 1. The number of anilines is 1. The number of amides is 2. The molecule has 0 fully saturated rings. The molecule has 0 bridgehead atoms. The molecule has 0 saturated carbocycles. The number of carbonyl (C=O) groups is 1. The topological polar surface area (TPSA) is 37.3 Å². The molecular weight excluding hydrogens is 331 g/mol. The molecule has 2 heterocycles. The molecule has 2 amide bonds. The van der Waals surface area contributed by atoms with Gasteiger partial charge in [-0.1, -0.05) is 25.5 Å². The summed E-state index contributed by atoms with van der Waals surface area (Å²) in [7, 11) is 0. The van der Waals surface area contributed by atoms with E-state index in [1.54, 1.807) is 4.90 Å². The smallest absolute Gasteiger partial charge is 0.348 e. The Morgan fingerprint density at radius 3 is 2.68 bits per heavy atom. The Labute approximate surface area is 144 Å². The lowest BCUT2D eigenvalue weighted by Gasteiger charge is -2.37. The monoisotopic (exact) mass is 351 g/mol. The van der Waals surface area contributed by atoms with Crippen molar-refractivity contribution < 1.29 is 18.0 Å². The van der Waals surface area contributed by atoms with Crippen molar-refractivity contribution in [3.63, 3.8) is 0 Å². The number of nitrogens with one attached hydrogen (secondary N) is 1. The van der Waals surface area contributed by atoms with Crippen LogP contribution in [0, 0.1) is 0 Å². The lowest BCUT2D eigenvalue weighted by atomic mass is 10.0. The maximum absolute atomic E-state index is 13.1. The lowest BCUT2D eigenvalue weighted by Crippen LogP contribution is -2.44. The fourth-order valence-corrected chi connectivity index (χ4v) is 3.31. The second kappa shape index (κ2) is 6.82. The van der Waals surface area contributed by atoms with Crippen LogP contribution >= 0.6 is 0 Å². The van der Waals surface area contributed by atoms with E-state index in [1.807, 2.05) is 25.3 Å². The third-order valence-corrected chi connectivity index (χ3v) is 4.46. The summed E-state index contributed by atoms with van der Waals surface area (Å²) in [5, 5.41) is 2.46. The van der Waals surface area contributed by atoms with Gasteiger partial charge in [-0.3, -0.25) is 0 Å². The quantitative estimate of drug-likeness (QED) is 0.839. The predicted molar refractivity (Wildman–Crippen MR) is 89.2 cm³/mol. The molecule has 1 N–H and O–H groups in total. The van der Waals surface area contributed by atoms with Gasteiger partial charge in [0, 0.05) is 25.0 Å². The lowest BCUT2D eigenvalue weighted by molar-refractivity contribution is -0.136. The van der Waals surface area contributed by atoms with Crippen molar-refractivity contribution in [2.45, 2.75) is 38.5 Å². The van der Waals surface area contributed by atoms with Crippen molar-refractivity contribution in [3.8, 4) is 0 Å². The summed E-state index contributed by atoms with van der Waals surface area (Å²) in [4.78, 5) is 14.3. The Morgan fingerprint density at radius 2 is 1.96 bits per heavy atom. The molecular formula is C18H20F3N3O. The van der Waals surface area contributed by atoms with E-state index < -0.39 is 17.8 Å². The molecule has 2 aromatic rings. The van der Waals surface area contributed by atoms with Gasteiger partial charge in [-0.2, -0.15) is 13.2 Å². The maximum Gasteiger partial charge on any atom is 0.418 e. The Balaban J connectivity index is 1.84. The number of nitrogens with zero attached hydrogens (tertiary/aromatic N) is 2. The summed E-state index contributed by atoms with van der Waals surface area (Å²) in [5.74, 6) is 0. The number of urea groups is 1. The Bertz CT molecular complexity index is 754. The predicted octanol–water partition coefficient (Wildman–Crippen LogP) is 4.90. The third-order valence-electron chi connectivity index (χ3n) is 4.46. The van der Waals surface area contributed by atoms with Gasteiger partial charge in [-0.05, 0) is 30.7 Å². The van der Waals surface area contributed by atoms with Crippen LogP contribution < -0.4 is 5.32 Å². The Morgan fingerprint density at radius 1 is 1.20 bits per heavy atom. The minimum Gasteiger partial charge on any atom is -0.348 e. The number of fused-ring (bicyclic) bond motifs is 1. The summed E-state index contributed by atoms with van der Waals surface area (Å²) in [6, 6.07) is 8.31. The number of benzene rings is 1. The number of para-hydroxylation sites is 1. The van der Waals surface area contributed by atoms with Crippen LogP contribution in [0.2, 0.25) is 0 Å². The van der Waals surface area contributed by atoms with Gasteiger partial charge in [-0.15, -0.1) is 0 Å². The molecule has 1 aliphatic heterocycles. The van der Waals surface area contributed by atoms with Gasteiger partial charge in [0.25, 0.3) is 0 Å². The minimum absolute atomic E-state index is 0.133. The third kappa shape index (κ3) is 3.50. The number of carbonyl (C=O) groups excluding carboxylic acids is 1. The average Bonchev–Trinajstić information content (AvgIpc) is 3.04. The number of aromatic nitrogens is 1. The van der Waals surface area contributed by atoms with E-state index in [0.717, 1.165) is 24.6 Å². The molecule has 4 nitrogen and oxygen atoms in total. The summed E-state index contributed by atoms with van der Waals surface area (Å²) >= 11 is 0. The highest BCUT2D eigenvalue weighted by Crippen LogP contribution is 2.35. The van der Waals surface area contributed by atoms with Gasteiger partial charge in [-0.25, -0.2) is 4.79 Å². The average molecular weight is 351 g/mol. The van der Waals surface area contributed by atoms with Crippen molar-refractivity contribution in [1.82, 2.24) is 9.47 Å². The number of halogens is 3. The van der Waals surface area contributed by atoms with E-state index in [1.165, 1.54) is 18.2 Å². The molecule has 1 aliphatic rings. The summed E-state index contributed by atoms with van der Waals surface area (Å²) in [5.41, 5.74) is -0.0284. The summed E-state index contributed by atoms with van der Waals surface area (Å²) in [6.45, 7) is 3.13. The summed E-state index contributed by atoms with van der Waals surface area (Å²) in [6.07, 6.45) is -0.910. The van der Waals surface area contributed by atoms with Gasteiger partial charge in [0.15, 0.2) is 0 Å².